The number of benzene rings is 1. The monoisotopic (exact) mass is 276 g/mol. The Balaban J connectivity index is 2.17. The zero-order valence-corrected chi connectivity index (χ0v) is 12.7. The van der Waals surface area contributed by atoms with Crippen molar-refractivity contribution in [3.8, 4) is 0 Å². The molecule has 1 saturated heterocycles. The van der Waals surface area contributed by atoms with Crippen molar-refractivity contribution >= 4 is 17.2 Å². The van der Waals surface area contributed by atoms with Crippen molar-refractivity contribution < 1.29 is 0 Å². The first-order valence-corrected chi connectivity index (χ1v) is 7.64. The van der Waals surface area contributed by atoms with Crippen LogP contribution in [0.25, 0.3) is 0 Å². The SMILES string of the molecule is CCc1ccc(C(C(N)=S)N2CCC(C)CC2)cc1. The van der Waals surface area contributed by atoms with Crippen molar-refractivity contribution in [1.82, 2.24) is 4.90 Å². The van der Waals surface area contributed by atoms with Crippen molar-refractivity contribution in [2.45, 2.75) is 39.2 Å². The van der Waals surface area contributed by atoms with E-state index in [1.165, 1.54) is 24.0 Å². The predicted molar refractivity (Wildman–Crippen MR) is 85.3 cm³/mol. The van der Waals surface area contributed by atoms with Crippen LogP contribution < -0.4 is 5.73 Å². The van der Waals surface area contributed by atoms with Gasteiger partial charge in [-0.15, -0.1) is 0 Å². The highest BCUT2D eigenvalue weighted by Gasteiger charge is 2.26. The molecule has 1 aliphatic heterocycles. The van der Waals surface area contributed by atoms with E-state index < -0.39 is 0 Å². The lowest BCUT2D eigenvalue weighted by Crippen LogP contribution is -2.41. The first-order chi connectivity index (χ1) is 9.11. The van der Waals surface area contributed by atoms with Crippen LogP contribution in [0, 0.1) is 5.92 Å². The highest BCUT2D eigenvalue weighted by atomic mass is 32.1. The molecule has 2 nitrogen and oxygen atoms in total. The number of aryl methyl sites for hydroxylation is 1. The molecule has 1 unspecified atom stereocenters. The molecule has 2 N–H and O–H groups in total. The molecule has 1 heterocycles. The minimum Gasteiger partial charge on any atom is -0.392 e. The van der Waals surface area contributed by atoms with Crippen LogP contribution >= 0.6 is 12.2 Å². The molecule has 104 valence electrons. The van der Waals surface area contributed by atoms with Gasteiger partial charge in [0, 0.05) is 0 Å². The summed E-state index contributed by atoms with van der Waals surface area (Å²) in [7, 11) is 0. The van der Waals surface area contributed by atoms with Crippen molar-refractivity contribution in [2.24, 2.45) is 11.7 Å². The van der Waals surface area contributed by atoms with Gasteiger partial charge in [-0.1, -0.05) is 50.3 Å². The molecule has 1 fully saturated rings. The lowest BCUT2D eigenvalue weighted by molar-refractivity contribution is 0.171. The van der Waals surface area contributed by atoms with Crippen LogP contribution in [-0.2, 0) is 6.42 Å². The van der Waals surface area contributed by atoms with Crippen molar-refractivity contribution in [2.75, 3.05) is 13.1 Å². The van der Waals surface area contributed by atoms with Crippen LogP contribution in [0.4, 0.5) is 0 Å². The molecule has 19 heavy (non-hydrogen) atoms. The molecule has 0 spiro atoms. The van der Waals surface area contributed by atoms with E-state index >= 15 is 0 Å². The van der Waals surface area contributed by atoms with Crippen LogP contribution in [0.1, 0.15) is 43.9 Å². The van der Waals surface area contributed by atoms with Gasteiger partial charge in [0.25, 0.3) is 0 Å². The third-order valence-corrected chi connectivity index (χ3v) is 4.38. The first-order valence-electron chi connectivity index (χ1n) is 7.24. The quantitative estimate of drug-likeness (QED) is 0.856. The molecule has 1 aromatic rings. The molecular weight excluding hydrogens is 252 g/mol. The minimum atomic E-state index is 0.105. The number of likely N-dealkylation sites (tertiary alicyclic amines) is 1. The molecule has 0 amide bonds. The van der Waals surface area contributed by atoms with E-state index in [0.29, 0.717) is 4.99 Å². The smallest absolute Gasteiger partial charge is 0.0948 e. The van der Waals surface area contributed by atoms with Gasteiger partial charge in [0.05, 0.1) is 11.0 Å². The summed E-state index contributed by atoms with van der Waals surface area (Å²) in [6.45, 7) is 6.69. The maximum absolute atomic E-state index is 5.99. The van der Waals surface area contributed by atoms with E-state index in [2.05, 4.69) is 43.0 Å². The Kier molecular flexibility index (Phi) is 4.94. The van der Waals surface area contributed by atoms with Gasteiger partial charge in [0.2, 0.25) is 0 Å². The molecule has 2 rings (SSSR count). The summed E-state index contributed by atoms with van der Waals surface area (Å²) in [5.41, 5.74) is 8.59. The summed E-state index contributed by atoms with van der Waals surface area (Å²) >= 11 is 5.31. The van der Waals surface area contributed by atoms with Gasteiger partial charge >= 0.3 is 0 Å². The zero-order chi connectivity index (χ0) is 13.8. The topological polar surface area (TPSA) is 29.3 Å². The Hall–Kier alpha value is -0.930. The molecule has 0 aromatic heterocycles. The molecule has 0 radical (unpaired) electrons. The molecule has 0 bridgehead atoms. The lowest BCUT2D eigenvalue weighted by atomic mass is 9.95. The standard InChI is InChI=1S/C16H24N2S/c1-3-13-4-6-14(7-5-13)15(16(17)19)18-10-8-12(2)9-11-18/h4-7,12,15H,3,8-11H2,1-2H3,(H2,17,19). The van der Waals surface area contributed by atoms with Gasteiger partial charge in [0.1, 0.15) is 0 Å². The van der Waals surface area contributed by atoms with Crippen LogP contribution in [0.3, 0.4) is 0 Å². The molecule has 1 atom stereocenters. The second-order valence-corrected chi connectivity index (χ2v) is 6.09. The predicted octanol–water partition coefficient (Wildman–Crippen LogP) is 3.31. The van der Waals surface area contributed by atoms with Gasteiger partial charge in [-0.05, 0) is 49.4 Å². The molecule has 1 aromatic carbocycles. The number of hydrogen-bond acceptors (Lipinski definition) is 2. The normalized spacial score (nSPS) is 19.3. The van der Waals surface area contributed by atoms with E-state index in [0.717, 1.165) is 25.4 Å². The highest BCUT2D eigenvalue weighted by Crippen LogP contribution is 2.27. The summed E-state index contributed by atoms with van der Waals surface area (Å²) in [6, 6.07) is 8.84. The summed E-state index contributed by atoms with van der Waals surface area (Å²) in [6.07, 6.45) is 3.55. The van der Waals surface area contributed by atoms with E-state index in [4.69, 9.17) is 18.0 Å². The van der Waals surface area contributed by atoms with Gasteiger partial charge in [-0.2, -0.15) is 0 Å². The third kappa shape index (κ3) is 3.54. The average molecular weight is 276 g/mol. The van der Waals surface area contributed by atoms with Crippen LogP contribution in [-0.4, -0.2) is 23.0 Å². The van der Waals surface area contributed by atoms with Gasteiger partial charge < -0.3 is 5.73 Å². The Morgan fingerprint density at radius 2 is 1.89 bits per heavy atom. The number of nitrogens with two attached hydrogens (primary N) is 1. The third-order valence-electron chi connectivity index (χ3n) is 4.16. The van der Waals surface area contributed by atoms with Gasteiger partial charge in [0.15, 0.2) is 0 Å². The number of piperidine rings is 1. The van der Waals surface area contributed by atoms with Crippen molar-refractivity contribution in [3.05, 3.63) is 35.4 Å². The number of nitrogens with zero attached hydrogens (tertiary/aromatic N) is 1. The highest BCUT2D eigenvalue weighted by molar-refractivity contribution is 7.80. The lowest BCUT2D eigenvalue weighted by Gasteiger charge is -2.36. The Morgan fingerprint density at radius 3 is 2.37 bits per heavy atom. The fourth-order valence-electron chi connectivity index (χ4n) is 2.78. The van der Waals surface area contributed by atoms with Gasteiger partial charge in [-0.25, -0.2) is 0 Å². The van der Waals surface area contributed by atoms with Gasteiger partial charge in [-0.3, -0.25) is 4.90 Å². The molecule has 3 heteroatoms. The van der Waals surface area contributed by atoms with E-state index in [1.807, 2.05) is 0 Å². The molecule has 0 aliphatic carbocycles. The maximum Gasteiger partial charge on any atom is 0.0948 e. The molecular formula is C16H24N2S. The zero-order valence-electron chi connectivity index (χ0n) is 11.9. The van der Waals surface area contributed by atoms with Crippen LogP contribution in [0.5, 0.6) is 0 Å². The van der Waals surface area contributed by atoms with Crippen molar-refractivity contribution in [3.63, 3.8) is 0 Å². The Labute approximate surface area is 122 Å². The van der Waals surface area contributed by atoms with E-state index in [-0.39, 0.29) is 6.04 Å². The molecule has 0 saturated carbocycles. The van der Waals surface area contributed by atoms with E-state index in [1.54, 1.807) is 0 Å². The number of rotatable bonds is 4. The Morgan fingerprint density at radius 1 is 1.32 bits per heavy atom. The summed E-state index contributed by atoms with van der Waals surface area (Å²) < 4.78 is 0. The second kappa shape index (κ2) is 6.49. The number of hydrogen-bond donors (Lipinski definition) is 1. The summed E-state index contributed by atoms with van der Waals surface area (Å²) in [4.78, 5) is 3.03. The summed E-state index contributed by atoms with van der Waals surface area (Å²) in [5, 5.41) is 0. The van der Waals surface area contributed by atoms with E-state index in [9.17, 15) is 0 Å². The maximum atomic E-state index is 5.99. The van der Waals surface area contributed by atoms with Crippen LogP contribution in [0.2, 0.25) is 0 Å². The van der Waals surface area contributed by atoms with Crippen molar-refractivity contribution in [1.29, 1.82) is 0 Å². The largest absolute Gasteiger partial charge is 0.392 e. The summed E-state index contributed by atoms with van der Waals surface area (Å²) in [5.74, 6) is 0.825. The fourth-order valence-corrected chi connectivity index (χ4v) is 3.06. The first kappa shape index (κ1) is 14.5. The molecule has 1 aliphatic rings. The van der Waals surface area contributed by atoms with Crippen LogP contribution in [0.15, 0.2) is 24.3 Å². The fraction of sp³-hybridized carbons (Fsp3) is 0.562. The minimum absolute atomic E-state index is 0.105. The number of thiocarbonyl (C=S) groups is 1. The second-order valence-electron chi connectivity index (χ2n) is 5.62. The Bertz CT molecular complexity index is 419. The average Bonchev–Trinajstić information content (AvgIpc) is 2.42.